The molecule has 0 saturated heterocycles. The van der Waals surface area contributed by atoms with E-state index in [2.05, 4.69) is 38.7 Å². The second-order valence-electron chi connectivity index (χ2n) is 4.82. The predicted molar refractivity (Wildman–Crippen MR) is 74.8 cm³/mol. The van der Waals surface area contributed by atoms with Gasteiger partial charge in [0.1, 0.15) is 5.76 Å². The van der Waals surface area contributed by atoms with Crippen molar-refractivity contribution in [2.75, 3.05) is 6.61 Å². The van der Waals surface area contributed by atoms with Crippen molar-refractivity contribution in [1.82, 2.24) is 0 Å². The summed E-state index contributed by atoms with van der Waals surface area (Å²) < 4.78 is 5.78. The number of allylic oxidation sites excluding steroid dienone is 6. The van der Waals surface area contributed by atoms with Gasteiger partial charge >= 0.3 is 0 Å². The largest absolute Gasteiger partial charge is 0.494 e. The maximum absolute atomic E-state index is 5.78. The Morgan fingerprint density at radius 2 is 2.24 bits per heavy atom. The van der Waals surface area contributed by atoms with Crippen LogP contribution in [0.2, 0.25) is 0 Å². The van der Waals surface area contributed by atoms with Gasteiger partial charge in [0, 0.05) is 0 Å². The van der Waals surface area contributed by atoms with Crippen LogP contribution in [0, 0.1) is 5.92 Å². The molecule has 0 radical (unpaired) electrons. The van der Waals surface area contributed by atoms with Crippen LogP contribution in [-0.4, -0.2) is 6.61 Å². The normalized spacial score (nSPS) is 16.6. The number of ether oxygens (including phenoxy) is 1. The third-order valence-corrected chi connectivity index (χ3v) is 2.80. The van der Waals surface area contributed by atoms with Gasteiger partial charge in [0.05, 0.1) is 6.61 Å². The minimum absolute atomic E-state index is 0.538. The summed E-state index contributed by atoms with van der Waals surface area (Å²) in [6.45, 7) is 13.1. The highest BCUT2D eigenvalue weighted by Crippen LogP contribution is 2.31. The van der Waals surface area contributed by atoms with E-state index in [1.807, 2.05) is 13.8 Å². The first-order chi connectivity index (χ1) is 8.06. The molecule has 1 heteroatoms. The Morgan fingerprint density at radius 1 is 1.53 bits per heavy atom. The van der Waals surface area contributed by atoms with Crippen molar-refractivity contribution in [1.29, 1.82) is 0 Å². The van der Waals surface area contributed by atoms with Crippen LogP contribution < -0.4 is 0 Å². The first-order valence-corrected chi connectivity index (χ1v) is 6.46. The van der Waals surface area contributed by atoms with Crippen LogP contribution in [-0.2, 0) is 4.74 Å². The molecule has 0 spiro atoms. The van der Waals surface area contributed by atoms with Gasteiger partial charge in [0.2, 0.25) is 0 Å². The Balaban J connectivity index is 3.14. The van der Waals surface area contributed by atoms with Crippen molar-refractivity contribution in [3.8, 4) is 0 Å². The lowest BCUT2D eigenvalue weighted by atomic mass is 9.88. The van der Waals surface area contributed by atoms with E-state index in [0.29, 0.717) is 12.5 Å². The molecule has 1 rings (SSSR count). The van der Waals surface area contributed by atoms with Gasteiger partial charge in [-0.1, -0.05) is 38.2 Å². The van der Waals surface area contributed by atoms with Crippen molar-refractivity contribution in [2.24, 2.45) is 5.92 Å². The van der Waals surface area contributed by atoms with E-state index >= 15 is 0 Å². The fourth-order valence-electron chi connectivity index (χ4n) is 2.08. The Labute approximate surface area is 106 Å². The molecule has 0 N–H and O–H groups in total. The molecule has 0 aliphatic heterocycles. The zero-order chi connectivity index (χ0) is 12.8. The van der Waals surface area contributed by atoms with Crippen LogP contribution in [0.4, 0.5) is 0 Å². The van der Waals surface area contributed by atoms with E-state index in [1.54, 1.807) is 0 Å². The van der Waals surface area contributed by atoms with Gasteiger partial charge in [-0.05, 0) is 49.8 Å². The van der Waals surface area contributed by atoms with Gasteiger partial charge in [-0.3, -0.25) is 0 Å². The Morgan fingerprint density at radius 3 is 2.76 bits per heavy atom. The molecule has 0 fully saturated rings. The topological polar surface area (TPSA) is 9.23 Å². The SMILES string of the molecule is C=C(C)/C=C(\OCC)C1=C(C(C)C)C=CCC1. The maximum atomic E-state index is 5.78. The van der Waals surface area contributed by atoms with Crippen LogP contribution in [0.15, 0.2) is 47.3 Å². The van der Waals surface area contributed by atoms with Gasteiger partial charge in [-0.15, -0.1) is 0 Å². The van der Waals surface area contributed by atoms with Crippen molar-refractivity contribution in [3.63, 3.8) is 0 Å². The summed E-state index contributed by atoms with van der Waals surface area (Å²) >= 11 is 0. The molecular formula is C16H24O. The van der Waals surface area contributed by atoms with Crippen LogP contribution in [0.3, 0.4) is 0 Å². The monoisotopic (exact) mass is 232 g/mol. The van der Waals surface area contributed by atoms with E-state index in [4.69, 9.17) is 4.74 Å². The van der Waals surface area contributed by atoms with Crippen molar-refractivity contribution < 1.29 is 4.74 Å². The average molecular weight is 232 g/mol. The molecule has 0 atom stereocenters. The van der Waals surface area contributed by atoms with Gasteiger partial charge < -0.3 is 4.74 Å². The molecular weight excluding hydrogens is 208 g/mol. The minimum atomic E-state index is 0.538. The van der Waals surface area contributed by atoms with Gasteiger partial charge in [0.25, 0.3) is 0 Å². The fraction of sp³-hybridized carbons (Fsp3) is 0.500. The molecule has 0 amide bonds. The molecule has 0 aromatic heterocycles. The first kappa shape index (κ1) is 13.8. The fourth-order valence-corrected chi connectivity index (χ4v) is 2.08. The highest BCUT2D eigenvalue weighted by molar-refractivity contribution is 5.42. The maximum Gasteiger partial charge on any atom is 0.122 e. The van der Waals surface area contributed by atoms with E-state index in [0.717, 1.165) is 24.2 Å². The summed E-state index contributed by atoms with van der Waals surface area (Å²) in [5.74, 6) is 1.54. The number of rotatable bonds is 5. The molecule has 17 heavy (non-hydrogen) atoms. The van der Waals surface area contributed by atoms with Crippen molar-refractivity contribution in [3.05, 3.63) is 47.3 Å². The Bertz CT molecular complexity index is 367. The quantitative estimate of drug-likeness (QED) is 0.489. The molecule has 0 unspecified atom stereocenters. The van der Waals surface area contributed by atoms with Crippen molar-refractivity contribution in [2.45, 2.75) is 40.5 Å². The summed E-state index contributed by atoms with van der Waals surface area (Å²) in [6.07, 6.45) is 8.73. The lowest BCUT2D eigenvalue weighted by molar-refractivity contribution is 0.234. The zero-order valence-electron chi connectivity index (χ0n) is 11.5. The van der Waals surface area contributed by atoms with Gasteiger partial charge in [-0.2, -0.15) is 0 Å². The molecule has 1 aliphatic carbocycles. The summed E-state index contributed by atoms with van der Waals surface area (Å²) in [6, 6.07) is 0. The summed E-state index contributed by atoms with van der Waals surface area (Å²) in [5.41, 5.74) is 3.79. The predicted octanol–water partition coefficient (Wildman–Crippen LogP) is 4.79. The smallest absolute Gasteiger partial charge is 0.122 e. The average Bonchev–Trinajstić information content (AvgIpc) is 2.28. The molecule has 0 saturated carbocycles. The minimum Gasteiger partial charge on any atom is -0.494 e. The van der Waals surface area contributed by atoms with E-state index in [9.17, 15) is 0 Å². The third-order valence-electron chi connectivity index (χ3n) is 2.80. The van der Waals surface area contributed by atoms with E-state index in [1.165, 1.54) is 11.1 Å². The lowest BCUT2D eigenvalue weighted by Crippen LogP contribution is -2.06. The van der Waals surface area contributed by atoms with Crippen molar-refractivity contribution >= 4 is 0 Å². The second-order valence-corrected chi connectivity index (χ2v) is 4.82. The molecule has 0 aromatic rings. The van der Waals surface area contributed by atoms with Gasteiger partial charge in [-0.25, -0.2) is 0 Å². The molecule has 0 bridgehead atoms. The summed E-state index contributed by atoms with van der Waals surface area (Å²) in [5, 5.41) is 0. The second kappa shape index (κ2) is 6.48. The van der Waals surface area contributed by atoms with Crippen LogP contribution >= 0.6 is 0 Å². The Hall–Kier alpha value is -1.24. The number of hydrogen-bond acceptors (Lipinski definition) is 1. The number of hydrogen-bond donors (Lipinski definition) is 0. The molecule has 0 aromatic carbocycles. The van der Waals surface area contributed by atoms with E-state index in [-0.39, 0.29) is 0 Å². The summed E-state index contributed by atoms with van der Waals surface area (Å²) in [7, 11) is 0. The Kier molecular flexibility index (Phi) is 5.27. The molecule has 1 nitrogen and oxygen atoms in total. The molecule has 1 aliphatic rings. The summed E-state index contributed by atoms with van der Waals surface area (Å²) in [4.78, 5) is 0. The third kappa shape index (κ3) is 3.92. The first-order valence-electron chi connectivity index (χ1n) is 6.46. The van der Waals surface area contributed by atoms with E-state index < -0.39 is 0 Å². The lowest BCUT2D eigenvalue weighted by Gasteiger charge is -2.21. The molecule has 0 heterocycles. The van der Waals surface area contributed by atoms with Crippen LogP contribution in [0.1, 0.15) is 40.5 Å². The molecule has 94 valence electrons. The zero-order valence-corrected chi connectivity index (χ0v) is 11.5. The highest BCUT2D eigenvalue weighted by atomic mass is 16.5. The van der Waals surface area contributed by atoms with Gasteiger partial charge in [0.15, 0.2) is 0 Å². The van der Waals surface area contributed by atoms with Crippen LogP contribution in [0.25, 0.3) is 0 Å². The van der Waals surface area contributed by atoms with Crippen LogP contribution in [0.5, 0.6) is 0 Å². The standard InChI is InChI=1S/C16H24O/c1-6-17-16(11-12(2)3)15-10-8-7-9-14(15)13(4)5/h7,9,11,13H,2,6,8,10H2,1,3-5H3/b16-11-. The highest BCUT2D eigenvalue weighted by Gasteiger charge is 2.16.